The van der Waals surface area contributed by atoms with Gasteiger partial charge in [-0.05, 0) is 54.7 Å². The molecule has 3 aromatic carbocycles. The molecule has 0 amide bonds. The first kappa shape index (κ1) is 25.4. The fraction of sp³-hybridized carbons (Fsp3) is 0.125. The molecule has 41 heavy (non-hydrogen) atoms. The molecule has 7 rings (SSSR count). The molecule has 2 aliphatic rings. The maximum Gasteiger partial charge on any atom is 0.273 e. The van der Waals surface area contributed by atoms with E-state index in [1.165, 1.54) is 23.0 Å². The summed E-state index contributed by atoms with van der Waals surface area (Å²) in [7, 11) is 0. The Bertz CT molecular complexity index is 2100. The van der Waals surface area contributed by atoms with Gasteiger partial charge < -0.3 is 4.42 Å². The molecular weight excluding hydrogens is 558 g/mol. The van der Waals surface area contributed by atoms with Crippen molar-refractivity contribution in [2.24, 2.45) is 4.99 Å². The van der Waals surface area contributed by atoms with Crippen LogP contribution in [0.2, 0.25) is 5.02 Å². The van der Waals surface area contributed by atoms with Gasteiger partial charge in [0.1, 0.15) is 11.5 Å². The lowest BCUT2D eigenvalue weighted by Crippen LogP contribution is -2.38. The molecule has 0 radical (unpaired) electrons. The van der Waals surface area contributed by atoms with Crippen molar-refractivity contribution < 1.29 is 9.34 Å². The molecule has 2 aromatic heterocycles. The number of aromatic nitrogens is 1. The van der Waals surface area contributed by atoms with Gasteiger partial charge in [0.15, 0.2) is 4.80 Å². The normalized spacial score (nSPS) is 16.1. The number of benzene rings is 3. The third-order valence-electron chi connectivity index (χ3n) is 7.74. The molecule has 0 N–H and O–H groups in total. The fourth-order valence-corrected chi connectivity index (χ4v) is 7.01. The van der Waals surface area contributed by atoms with Crippen molar-refractivity contribution in [3.8, 4) is 11.3 Å². The maximum absolute atomic E-state index is 14.0. The summed E-state index contributed by atoms with van der Waals surface area (Å²) in [6.45, 7) is 1.70. The number of nitrogens with zero attached hydrogens (tertiary/aromatic N) is 3. The molecule has 7 nitrogen and oxygen atoms in total. The SMILES string of the molecule is Cc1c(-c2ccc(/C=c3\sc4n(c3=O)[C@H](c3ccccc3Cl)C3=C(N=4)c4ccccc4CC3)o2)cccc1[N+](=O)[O-]. The summed E-state index contributed by atoms with van der Waals surface area (Å²) in [4.78, 5) is 30.6. The number of allylic oxidation sites excluding steroid dienone is 1. The quantitative estimate of drug-likeness (QED) is 0.181. The minimum absolute atomic E-state index is 0.0267. The van der Waals surface area contributed by atoms with Crippen LogP contribution in [0.4, 0.5) is 5.69 Å². The Morgan fingerprint density at radius 3 is 2.63 bits per heavy atom. The van der Waals surface area contributed by atoms with Crippen LogP contribution in [0.1, 0.15) is 40.5 Å². The van der Waals surface area contributed by atoms with Gasteiger partial charge in [0.05, 0.1) is 21.2 Å². The highest BCUT2D eigenvalue weighted by atomic mass is 35.5. The van der Waals surface area contributed by atoms with E-state index in [0.29, 0.717) is 37.0 Å². The molecule has 3 heterocycles. The monoisotopic (exact) mass is 579 g/mol. The van der Waals surface area contributed by atoms with Crippen LogP contribution in [0, 0.1) is 17.0 Å². The summed E-state index contributed by atoms with van der Waals surface area (Å²) < 4.78 is 8.29. The first-order valence-electron chi connectivity index (χ1n) is 13.1. The highest BCUT2D eigenvalue weighted by molar-refractivity contribution is 7.07. The number of nitro benzene ring substituents is 1. The third-order valence-corrected chi connectivity index (χ3v) is 9.07. The van der Waals surface area contributed by atoms with E-state index in [1.807, 2.05) is 36.4 Å². The highest BCUT2D eigenvalue weighted by Crippen LogP contribution is 2.42. The molecule has 0 saturated carbocycles. The average molecular weight is 580 g/mol. The van der Waals surface area contributed by atoms with Gasteiger partial charge in [0.25, 0.3) is 11.2 Å². The van der Waals surface area contributed by atoms with E-state index in [0.717, 1.165) is 35.2 Å². The van der Waals surface area contributed by atoms with Gasteiger partial charge in [-0.3, -0.25) is 19.5 Å². The Labute approximate surface area is 243 Å². The van der Waals surface area contributed by atoms with Gasteiger partial charge in [-0.1, -0.05) is 77.5 Å². The number of furan rings is 1. The molecular formula is C32H22ClN3O4S. The van der Waals surface area contributed by atoms with Gasteiger partial charge in [-0.25, -0.2) is 4.99 Å². The van der Waals surface area contributed by atoms with Crippen LogP contribution in [0.5, 0.6) is 0 Å². The minimum Gasteiger partial charge on any atom is -0.457 e. The van der Waals surface area contributed by atoms with Crippen LogP contribution in [0.15, 0.2) is 98.6 Å². The standard InChI is InChI=1S/C32H22ClN3O4S/c1-18-21(10-6-12-26(18)36(38)39)27-16-14-20(40-27)17-28-31(37)35-30(23-9-4-5-11-25(23)33)24-15-13-19-7-2-3-8-22(19)29(24)34-32(35)41-28/h2-12,14,16-17,30H,13,15H2,1H3/b28-17-/t30-/m1/s1. The zero-order chi connectivity index (χ0) is 28.2. The smallest absolute Gasteiger partial charge is 0.273 e. The maximum atomic E-state index is 14.0. The van der Waals surface area contributed by atoms with Gasteiger partial charge in [-0.15, -0.1) is 0 Å². The van der Waals surface area contributed by atoms with Gasteiger partial charge >= 0.3 is 0 Å². The summed E-state index contributed by atoms with van der Waals surface area (Å²) in [6.07, 6.45) is 3.35. The third kappa shape index (κ3) is 4.18. The lowest BCUT2D eigenvalue weighted by molar-refractivity contribution is -0.385. The Morgan fingerprint density at radius 1 is 1.02 bits per heavy atom. The van der Waals surface area contributed by atoms with Crippen molar-refractivity contribution in [1.82, 2.24) is 4.57 Å². The van der Waals surface area contributed by atoms with Crippen LogP contribution in [-0.4, -0.2) is 9.49 Å². The van der Waals surface area contributed by atoms with Crippen molar-refractivity contribution in [3.05, 3.63) is 147 Å². The molecule has 1 atom stereocenters. The van der Waals surface area contributed by atoms with Gasteiger partial charge in [-0.2, -0.15) is 0 Å². The Kier molecular flexibility index (Phi) is 6.10. The number of rotatable bonds is 4. The van der Waals surface area contributed by atoms with Crippen LogP contribution >= 0.6 is 22.9 Å². The summed E-state index contributed by atoms with van der Waals surface area (Å²) in [5.74, 6) is 0.964. The molecule has 0 spiro atoms. The van der Waals surface area contributed by atoms with Crippen LogP contribution < -0.4 is 14.9 Å². The summed E-state index contributed by atoms with van der Waals surface area (Å²) in [5, 5.41) is 12.0. The van der Waals surface area contributed by atoms with Crippen LogP contribution in [-0.2, 0) is 6.42 Å². The van der Waals surface area contributed by atoms with E-state index in [2.05, 4.69) is 12.1 Å². The molecule has 1 aliphatic carbocycles. The number of nitro groups is 1. The van der Waals surface area contributed by atoms with Gasteiger partial charge in [0, 0.05) is 33.9 Å². The van der Waals surface area contributed by atoms with Crippen molar-refractivity contribution in [1.29, 1.82) is 0 Å². The lowest BCUT2D eigenvalue weighted by atomic mass is 9.83. The van der Waals surface area contributed by atoms with E-state index < -0.39 is 4.92 Å². The average Bonchev–Trinajstić information content (AvgIpc) is 3.56. The number of aryl methyl sites for hydroxylation is 1. The van der Waals surface area contributed by atoms with Crippen LogP contribution in [0.25, 0.3) is 23.1 Å². The van der Waals surface area contributed by atoms with Crippen molar-refractivity contribution in [3.63, 3.8) is 0 Å². The first-order chi connectivity index (χ1) is 19.9. The van der Waals surface area contributed by atoms with E-state index in [1.54, 1.807) is 41.8 Å². The summed E-state index contributed by atoms with van der Waals surface area (Å²) in [5.41, 5.74) is 6.19. The molecule has 0 bridgehead atoms. The Hall–Kier alpha value is -4.53. The summed E-state index contributed by atoms with van der Waals surface area (Å²) >= 11 is 8.03. The van der Waals surface area contributed by atoms with Gasteiger partial charge in [0.2, 0.25) is 0 Å². The van der Waals surface area contributed by atoms with Crippen molar-refractivity contribution in [2.45, 2.75) is 25.8 Å². The Morgan fingerprint density at radius 2 is 1.80 bits per heavy atom. The number of thiazole rings is 1. The summed E-state index contributed by atoms with van der Waals surface area (Å²) in [6, 6.07) is 24.0. The lowest BCUT2D eigenvalue weighted by Gasteiger charge is -2.31. The number of fused-ring (bicyclic) bond motifs is 3. The highest BCUT2D eigenvalue weighted by Gasteiger charge is 2.33. The molecule has 0 fully saturated rings. The predicted octanol–water partition coefficient (Wildman–Crippen LogP) is 6.45. The van der Waals surface area contributed by atoms with E-state index >= 15 is 0 Å². The zero-order valence-corrected chi connectivity index (χ0v) is 23.4. The van der Waals surface area contributed by atoms with Crippen molar-refractivity contribution >= 4 is 40.4 Å². The molecule has 0 unspecified atom stereocenters. The molecule has 9 heteroatoms. The Balaban J connectivity index is 1.39. The zero-order valence-electron chi connectivity index (χ0n) is 21.8. The predicted molar refractivity (Wildman–Crippen MR) is 160 cm³/mol. The fourth-order valence-electron chi connectivity index (χ4n) is 5.79. The van der Waals surface area contributed by atoms with E-state index in [-0.39, 0.29) is 17.3 Å². The molecule has 202 valence electrons. The molecule has 0 saturated heterocycles. The number of hydrogen-bond donors (Lipinski definition) is 0. The second-order valence-corrected chi connectivity index (χ2v) is 11.5. The van der Waals surface area contributed by atoms with Crippen molar-refractivity contribution in [2.75, 3.05) is 0 Å². The topological polar surface area (TPSA) is 90.6 Å². The largest absolute Gasteiger partial charge is 0.457 e. The van der Waals surface area contributed by atoms with Crippen LogP contribution in [0.3, 0.4) is 0 Å². The number of hydrogen-bond acceptors (Lipinski definition) is 6. The van der Waals surface area contributed by atoms with E-state index in [4.69, 9.17) is 21.0 Å². The number of halogens is 1. The second kappa shape index (κ2) is 9.83. The minimum atomic E-state index is -0.406. The molecule has 5 aromatic rings. The van der Waals surface area contributed by atoms with E-state index in [9.17, 15) is 14.9 Å². The molecule has 1 aliphatic heterocycles. The first-order valence-corrected chi connectivity index (χ1v) is 14.3. The second-order valence-electron chi connectivity index (χ2n) is 10.0.